The Labute approximate surface area is 171 Å². The maximum atomic E-state index is 12.3. The molecule has 1 aliphatic heterocycles. The minimum Gasteiger partial charge on any atom is -0.493 e. The van der Waals surface area contributed by atoms with Crippen molar-refractivity contribution in [3.8, 4) is 5.75 Å². The quantitative estimate of drug-likeness (QED) is 0.585. The second-order valence-corrected chi connectivity index (χ2v) is 10.1. The van der Waals surface area contributed by atoms with Gasteiger partial charge < -0.3 is 14.4 Å². The molecule has 27 heavy (non-hydrogen) atoms. The Morgan fingerprint density at radius 3 is 2.63 bits per heavy atom. The first-order chi connectivity index (χ1) is 12.7. The monoisotopic (exact) mass is 437 g/mol. The smallest absolute Gasteiger partial charge is 0.410 e. The Balaban J connectivity index is 1.48. The highest BCUT2D eigenvalue weighted by molar-refractivity contribution is 9.10. The predicted molar refractivity (Wildman–Crippen MR) is 111 cm³/mol. The van der Waals surface area contributed by atoms with E-state index in [0.29, 0.717) is 11.3 Å². The van der Waals surface area contributed by atoms with Crippen molar-refractivity contribution in [2.45, 2.75) is 65.4 Å². The minimum atomic E-state index is -0.424. The molecule has 4 nitrogen and oxygen atoms in total. The summed E-state index contributed by atoms with van der Waals surface area (Å²) in [4.78, 5) is 14.2. The third-order valence-corrected chi connectivity index (χ3v) is 6.83. The Bertz CT molecular complexity index is 675. The van der Waals surface area contributed by atoms with Crippen LogP contribution in [0.25, 0.3) is 0 Å². The van der Waals surface area contributed by atoms with Crippen molar-refractivity contribution in [2.75, 3.05) is 19.7 Å². The number of carbonyl (C=O) groups is 1. The molecule has 3 rings (SSSR count). The number of likely N-dealkylation sites (tertiary alicyclic amines) is 1. The van der Waals surface area contributed by atoms with Crippen LogP contribution in [0.5, 0.6) is 5.75 Å². The summed E-state index contributed by atoms with van der Waals surface area (Å²) in [6.45, 7) is 10.3. The van der Waals surface area contributed by atoms with Gasteiger partial charge in [-0.25, -0.2) is 4.79 Å². The number of nitrogens with zero attached hydrogens (tertiary/aromatic N) is 1. The van der Waals surface area contributed by atoms with Crippen LogP contribution in [0.1, 0.15) is 58.4 Å². The standard InChI is InChI=1S/C22H32BrNO3/c1-16-18(23)6-5-7-19(16)26-15-17-8-9-22(14-17)10-12-24(13-11-22)20(25)27-21(2,3)4/h5-7,17H,8-15H2,1-4H3/t17-/m1/s1. The van der Waals surface area contributed by atoms with Gasteiger partial charge in [-0.3, -0.25) is 0 Å². The summed E-state index contributed by atoms with van der Waals surface area (Å²) in [5.74, 6) is 1.58. The van der Waals surface area contributed by atoms with Crippen LogP contribution < -0.4 is 4.74 Å². The van der Waals surface area contributed by atoms with Crippen LogP contribution in [-0.4, -0.2) is 36.3 Å². The van der Waals surface area contributed by atoms with Crippen molar-refractivity contribution < 1.29 is 14.3 Å². The van der Waals surface area contributed by atoms with Gasteiger partial charge in [0, 0.05) is 23.1 Å². The van der Waals surface area contributed by atoms with E-state index < -0.39 is 5.60 Å². The Morgan fingerprint density at radius 1 is 1.26 bits per heavy atom. The lowest BCUT2D eigenvalue weighted by molar-refractivity contribution is 0.00999. The van der Waals surface area contributed by atoms with Crippen molar-refractivity contribution in [1.29, 1.82) is 0 Å². The lowest BCUT2D eigenvalue weighted by Gasteiger charge is -2.40. The van der Waals surface area contributed by atoms with Gasteiger partial charge in [0.2, 0.25) is 0 Å². The van der Waals surface area contributed by atoms with E-state index in [1.54, 1.807) is 0 Å². The third kappa shape index (κ3) is 5.18. The molecule has 2 fully saturated rings. The van der Waals surface area contributed by atoms with E-state index in [0.717, 1.165) is 48.3 Å². The zero-order chi connectivity index (χ0) is 19.7. The van der Waals surface area contributed by atoms with Gasteiger partial charge in [-0.05, 0) is 83.3 Å². The van der Waals surface area contributed by atoms with Gasteiger partial charge in [-0.1, -0.05) is 22.0 Å². The fourth-order valence-electron chi connectivity index (χ4n) is 4.36. The largest absolute Gasteiger partial charge is 0.493 e. The molecule has 150 valence electrons. The number of benzene rings is 1. The lowest BCUT2D eigenvalue weighted by atomic mass is 9.76. The molecule has 1 saturated carbocycles. The van der Waals surface area contributed by atoms with E-state index in [2.05, 4.69) is 22.9 Å². The molecular formula is C22H32BrNO3. The molecule has 1 saturated heterocycles. The number of hydrogen-bond acceptors (Lipinski definition) is 3. The predicted octanol–water partition coefficient (Wildman–Crippen LogP) is 5.95. The number of hydrogen-bond donors (Lipinski definition) is 0. The first kappa shape index (κ1) is 20.5. The molecule has 0 bridgehead atoms. The van der Waals surface area contributed by atoms with Crippen molar-refractivity contribution in [1.82, 2.24) is 4.90 Å². The van der Waals surface area contributed by atoms with Crippen LogP contribution in [0.2, 0.25) is 0 Å². The highest BCUT2D eigenvalue weighted by Crippen LogP contribution is 2.49. The maximum absolute atomic E-state index is 12.3. The maximum Gasteiger partial charge on any atom is 0.410 e. The van der Waals surface area contributed by atoms with Crippen molar-refractivity contribution in [2.24, 2.45) is 11.3 Å². The lowest BCUT2D eigenvalue weighted by Crippen LogP contribution is -2.44. The number of amides is 1. The summed E-state index contributed by atoms with van der Waals surface area (Å²) >= 11 is 3.57. The molecule has 1 spiro atoms. The Hall–Kier alpha value is -1.23. The summed E-state index contributed by atoms with van der Waals surface area (Å²) in [6.07, 6.45) is 5.68. The van der Waals surface area contributed by atoms with Crippen LogP contribution in [0.15, 0.2) is 22.7 Å². The van der Waals surface area contributed by atoms with Crippen LogP contribution in [-0.2, 0) is 4.74 Å². The van der Waals surface area contributed by atoms with Crippen molar-refractivity contribution >= 4 is 22.0 Å². The number of rotatable bonds is 3. The van der Waals surface area contributed by atoms with Crippen molar-refractivity contribution in [3.05, 3.63) is 28.2 Å². The van der Waals surface area contributed by atoms with Gasteiger partial charge >= 0.3 is 6.09 Å². The third-order valence-electron chi connectivity index (χ3n) is 5.97. The summed E-state index contributed by atoms with van der Waals surface area (Å²) in [5.41, 5.74) is 1.13. The first-order valence-electron chi connectivity index (χ1n) is 10.0. The fourth-order valence-corrected chi connectivity index (χ4v) is 4.71. The zero-order valence-electron chi connectivity index (χ0n) is 17.0. The highest BCUT2D eigenvalue weighted by atomic mass is 79.9. The SMILES string of the molecule is Cc1c(Br)cccc1OC[C@@H]1CCC2(CCN(C(=O)OC(C)(C)C)CC2)C1. The molecular weight excluding hydrogens is 406 g/mol. The molecule has 1 atom stereocenters. The van der Waals surface area contributed by atoms with Gasteiger partial charge in [0.1, 0.15) is 11.4 Å². The first-order valence-corrected chi connectivity index (χ1v) is 10.8. The summed E-state index contributed by atoms with van der Waals surface area (Å²) in [6, 6.07) is 6.12. The molecule has 0 N–H and O–H groups in total. The number of piperidine rings is 1. The normalized spacial score (nSPS) is 22.1. The average molecular weight is 438 g/mol. The molecule has 0 unspecified atom stereocenters. The van der Waals surface area contributed by atoms with E-state index in [1.165, 1.54) is 19.3 Å². The molecule has 1 aliphatic carbocycles. The summed E-state index contributed by atoms with van der Waals surface area (Å²) in [5, 5.41) is 0. The van der Waals surface area contributed by atoms with Crippen molar-refractivity contribution in [3.63, 3.8) is 0 Å². The highest BCUT2D eigenvalue weighted by Gasteiger charge is 2.42. The van der Waals surface area contributed by atoms with Crippen LogP contribution in [0, 0.1) is 18.3 Å². The van der Waals surface area contributed by atoms with Gasteiger partial charge in [-0.2, -0.15) is 0 Å². The second kappa shape index (κ2) is 8.02. The topological polar surface area (TPSA) is 38.8 Å². The molecule has 0 aromatic heterocycles. The molecule has 1 amide bonds. The van der Waals surface area contributed by atoms with E-state index in [4.69, 9.17) is 9.47 Å². The van der Waals surface area contributed by atoms with Crippen LogP contribution in [0.4, 0.5) is 4.79 Å². The summed E-state index contributed by atoms with van der Waals surface area (Å²) < 4.78 is 12.8. The van der Waals surface area contributed by atoms with E-state index in [1.807, 2.05) is 43.9 Å². The van der Waals surface area contributed by atoms with Gasteiger partial charge in [-0.15, -0.1) is 0 Å². The molecule has 1 heterocycles. The van der Waals surface area contributed by atoms with E-state index in [-0.39, 0.29) is 6.09 Å². The van der Waals surface area contributed by atoms with Gasteiger partial charge in [0.05, 0.1) is 6.61 Å². The minimum absolute atomic E-state index is 0.166. The summed E-state index contributed by atoms with van der Waals surface area (Å²) in [7, 11) is 0. The van der Waals surface area contributed by atoms with Gasteiger partial charge in [0.15, 0.2) is 0 Å². The Kier molecular flexibility index (Phi) is 6.09. The number of carbonyl (C=O) groups excluding carboxylic acids is 1. The molecule has 0 radical (unpaired) electrons. The number of ether oxygens (including phenoxy) is 2. The molecule has 1 aromatic carbocycles. The average Bonchev–Trinajstić information content (AvgIpc) is 2.98. The van der Waals surface area contributed by atoms with Crippen LogP contribution >= 0.6 is 15.9 Å². The van der Waals surface area contributed by atoms with Crippen LogP contribution in [0.3, 0.4) is 0 Å². The van der Waals surface area contributed by atoms with E-state index in [9.17, 15) is 4.79 Å². The number of halogens is 1. The Morgan fingerprint density at radius 2 is 1.96 bits per heavy atom. The second-order valence-electron chi connectivity index (χ2n) is 9.25. The van der Waals surface area contributed by atoms with E-state index >= 15 is 0 Å². The fraction of sp³-hybridized carbons (Fsp3) is 0.682. The molecule has 1 aromatic rings. The molecule has 5 heteroatoms. The molecule has 2 aliphatic rings. The van der Waals surface area contributed by atoms with Gasteiger partial charge in [0.25, 0.3) is 0 Å². The zero-order valence-corrected chi connectivity index (χ0v) is 18.6.